The summed E-state index contributed by atoms with van der Waals surface area (Å²) in [6.45, 7) is -0.0762. The van der Waals surface area contributed by atoms with Crippen LogP contribution in [0, 0.1) is 0 Å². The van der Waals surface area contributed by atoms with Crippen LogP contribution in [0.5, 0.6) is 0 Å². The lowest BCUT2D eigenvalue weighted by Gasteiger charge is -2.01. The average Bonchev–Trinajstić information content (AvgIpc) is 2.86. The minimum atomic E-state index is -0.370. The number of hydrogen-bond acceptors (Lipinski definition) is 5. The first-order valence-electron chi connectivity index (χ1n) is 4.98. The molecule has 0 radical (unpaired) electrons. The summed E-state index contributed by atoms with van der Waals surface area (Å²) >= 11 is 1.43. The van der Waals surface area contributed by atoms with Gasteiger partial charge in [0.15, 0.2) is 0 Å². The Labute approximate surface area is 103 Å². The molecule has 88 valence electrons. The van der Waals surface area contributed by atoms with Gasteiger partial charge < -0.3 is 9.84 Å². The second-order valence-electron chi connectivity index (χ2n) is 3.37. The van der Waals surface area contributed by atoms with E-state index in [1.54, 1.807) is 23.6 Å². The number of aliphatic hydroxyl groups excluding tert-OH is 1. The Kier molecular flexibility index (Phi) is 3.51. The predicted molar refractivity (Wildman–Crippen MR) is 64.8 cm³/mol. The minimum Gasteiger partial charge on any atom is -0.465 e. The van der Waals surface area contributed by atoms with Gasteiger partial charge in [-0.3, -0.25) is 0 Å². The standard InChI is InChI=1S/C12H11NO3S/c1-16-12(15)9-4-2-3-8(5-9)11-13-10(6-14)7-17-11/h2-5,7,14H,6H2,1H3. The van der Waals surface area contributed by atoms with Crippen molar-refractivity contribution in [3.63, 3.8) is 0 Å². The van der Waals surface area contributed by atoms with Crippen LogP contribution in [0.25, 0.3) is 10.6 Å². The molecule has 0 fully saturated rings. The lowest BCUT2D eigenvalue weighted by atomic mass is 10.1. The van der Waals surface area contributed by atoms with E-state index in [9.17, 15) is 4.79 Å². The number of hydrogen-bond donors (Lipinski definition) is 1. The summed E-state index contributed by atoms with van der Waals surface area (Å²) in [6, 6.07) is 7.07. The van der Waals surface area contributed by atoms with Crippen molar-refractivity contribution in [2.75, 3.05) is 7.11 Å². The van der Waals surface area contributed by atoms with Gasteiger partial charge in [-0.2, -0.15) is 0 Å². The van der Waals surface area contributed by atoms with Gasteiger partial charge in [0.25, 0.3) is 0 Å². The summed E-state index contributed by atoms with van der Waals surface area (Å²) in [5.41, 5.74) is 1.97. The zero-order chi connectivity index (χ0) is 12.3. The largest absolute Gasteiger partial charge is 0.465 e. The molecule has 2 rings (SSSR count). The molecule has 2 aromatic rings. The first-order valence-corrected chi connectivity index (χ1v) is 5.86. The third kappa shape index (κ3) is 2.51. The van der Waals surface area contributed by atoms with Crippen molar-refractivity contribution >= 4 is 17.3 Å². The summed E-state index contributed by atoms with van der Waals surface area (Å²) in [7, 11) is 1.35. The number of methoxy groups -OCH3 is 1. The van der Waals surface area contributed by atoms with Gasteiger partial charge in [0.2, 0.25) is 0 Å². The fourth-order valence-electron chi connectivity index (χ4n) is 1.41. The molecule has 5 heteroatoms. The topological polar surface area (TPSA) is 59.4 Å². The SMILES string of the molecule is COC(=O)c1cccc(-c2nc(CO)cs2)c1. The molecule has 4 nitrogen and oxygen atoms in total. The monoisotopic (exact) mass is 249 g/mol. The van der Waals surface area contributed by atoms with Crippen molar-refractivity contribution in [1.82, 2.24) is 4.98 Å². The molecule has 17 heavy (non-hydrogen) atoms. The summed E-state index contributed by atoms with van der Waals surface area (Å²) in [5, 5.41) is 11.5. The number of aromatic nitrogens is 1. The predicted octanol–water partition coefficient (Wildman–Crippen LogP) is 2.09. The molecule has 0 spiro atoms. The van der Waals surface area contributed by atoms with Crippen molar-refractivity contribution < 1.29 is 14.6 Å². The molecule has 0 unspecified atom stereocenters. The molecule has 0 bridgehead atoms. The fourth-order valence-corrected chi connectivity index (χ4v) is 2.22. The van der Waals surface area contributed by atoms with Crippen LogP contribution in [-0.2, 0) is 11.3 Å². The Morgan fingerprint density at radius 3 is 3.00 bits per heavy atom. The number of ether oxygens (including phenoxy) is 1. The van der Waals surface area contributed by atoms with E-state index >= 15 is 0 Å². The number of aliphatic hydroxyl groups is 1. The summed E-state index contributed by atoms with van der Waals surface area (Å²) in [5.74, 6) is -0.370. The van der Waals surface area contributed by atoms with Crippen LogP contribution in [0.3, 0.4) is 0 Å². The molecule has 0 saturated carbocycles. The first kappa shape index (κ1) is 11.8. The third-order valence-electron chi connectivity index (χ3n) is 2.24. The molecular formula is C12H11NO3S. The molecule has 0 amide bonds. The zero-order valence-electron chi connectivity index (χ0n) is 9.21. The molecule has 0 aliphatic carbocycles. The van der Waals surface area contributed by atoms with E-state index < -0.39 is 0 Å². The van der Waals surface area contributed by atoms with E-state index in [2.05, 4.69) is 9.72 Å². The van der Waals surface area contributed by atoms with E-state index in [1.807, 2.05) is 6.07 Å². The van der Waals surface area contributed by atoms with Crippen molar-refractivity contribution in [3.05, 3.63) is 40.9 Å². The Hall–Kier alpha value is -1.72. The quantitative estimate of drug-likeness (QED) is 0.846. The van der Waals surface area contributed by atoms with Crippen molar-refractivity contribution in [3.8, 4) is 10.6 Å². The van der Waals surface area contributed by atoms with Gasteiger partial charge in [0.05, 0.1) is 25.0 Å². The van der Waals surface area contributed by atoms with E-state index in [0.717, 1.165) is 10.6 Å². The normalized spacial score (nSPS) is 10.2. The Bertz CT molecular complexity index is 536. The molecule has 1 aromatic heterocycles. The first-order chi connectivity index (χ1) is 8.24. The van der Waals surface area contributed by atoms with Gasteiger partial charge in [0.1, 0.15) is 5.01 Å². The number of benzene rings is 1. The molecule has 0 saturated heterocycles. The van der Waals surface area contributed by atoms with E-state index in [-0.39, 0.29) is 12.6 Å². The highest BCUT2D eigenvalue weighted by molar-refractivity contribution is 7.13. The second kappa shape index (κ2) is 5.07. The number of nitrogens with zero attached hydrogens (tertiary/aromatic N) is 1. The lowest BCUT2D eigenvalue weighted by molar-refractivity contribution is 0.0601. The van der Waals surface area contributed by atoms with E-state index in [0.29, 0.717) is 11.3 Å². The van der Waals surface area contributed by atoms with Crippen LogP contribution in [0.4, 0.5) is 0 Å². The van der Waals surface area contributed by atoms with Crippen LogP contribution in [-0.4, -0.2) is 23.2 Å². The van der Waals surface area contributed by atoms with Gasteiger partial charge in [-0.1, -0.05) is 12.1 Å². The minimum absolute atomic E-state index is 0.0762. The molecular weight excluding hydrogens is 238 g/mol. The summed E-state index contributed by atoms with van der Waals surface area (Å²) in [4.78, 5) is 15.6. The highest BCUT2D eigenvalue weighted by Crippen LogP contribution is 2.24. The maximum Gasteiger partial charge on any atom is 0.337 e. The smallest absolute Gasteiger partial charge is 0.337 e. The number of carbonyl (C=O) groups excluding carboxylic acids is 1. The Morgan fingerprint density at radius 2 is 2.35 bits per heavy atom. The van der Waals surface area contributed by atoms with Gasteiger partial charge >= 0.3 is 5.97 Å². The molecule has 1 heterocycles. The van der Waals surface area contributed by atoms with Gasteiger partial charge in [-0.05, 0) is 12.1 Å². The van der Waals surface area contributed by atoms with Crippen LogP contribution < -0.4 is 0 Å². The van der Waals surface area contributed by atoms with Gasteiger partial charge in [-0.15, -0.1) is 11.3 Å². The maximum atomic E-state index is 11.4. The summed E-state index contributed by atoms with van der Waals surface area (Å²) in [6.07, 6.45) is 0. The number of carbonyl (C=O) groups is 1. The van der Waals surface area contributed by atoms with Crippen molar-refractivity contribution in [1.29, 1.82) is 0 Å². The van der Waals surface area contributed by atoms with Gasteiger partial charge in [-0.25, -0.2) is 9.78 Å². The van der Waals surface area contributed by atoms with Crippen molar-refractivity contribution in [2.24, 2.45) is 0 Å². The summed E-state index contributed by atoms with van der Waals surface area (Å²) < 4.78 is 4.66. The van der Waals surface area contributed by atoms with Crippen LogP contribution >= 0.6 is 11.3 Å². The van der Waals surface area contributed by atoms with Crippen molar-refractivity contribution in [2.45, 2.75) is 6.61 Å². The highest BCUT2D eigenvalue weighted by Gasteiger charge is 2.09. The van der Waals surface area contributed by atoms with Gasteiger partial charge in [0, 0.05) is 10.9 Å². The van der Waals surface area contributed by atoms with Crippen LogP contribution in [0.2, 0.25) is 0 Å². The molecule has 1 N–H and O–H groups in total. The zero-order valence-corrected chi connectivity index (χ0v) is 10.0. The molecule has 0 aliphatic rings. The third-order valence-corrected chi connectivity index (χ3v) is 3.18. The average molecular weight is 249 g/mol. The van der Waals surface area contributed by atoms with Crippen LogP contribution in [0.1, 0.15) is 16.1 Å². The van der Waals surface area contributed by atoms with E-state index in [4.69, 9.17) is 5.11 Å². The number of rotatable bonds is 3. The maximum absolute atomic E-state index is 11.4. The Morgan fingerprint density at radius 1 is 1.53 bits per heavy atom. The molecule has 1 aromatic carbocycles. The molecule has 0 atom stereocenters. The second-order valence-corrected chi connectivity index (χ2v) is 4.23. The molecule has 0 aliphatic heterocycles. The number of esters is 1. The Balaban J connectivity index is 2.35. The number of thiazole rings is 1. The highest BCUT2D eigenvalue weighted by atomic mass is 32.1. The van der Waals surface area contributed by atoms with Crippen LogP contribution in [0.15, 0.2) is 29.6 Å². The van der Waals surface area contributed by atoms with E-state index in [1.165, 1.54) is 18.4 Å². The lowest BCUT2D eigenvalue weighted by Crippen LogP contribution is -2.00. The fraction of sp³-hybridized carbons (Fsp3) is 0.167.